The van der Waals surface area contributed by atoms with E-state index < -0.39 is 6.10 Å². The van der Waals surface area contributed by atoms with Crippen LogP contribution in [0.3, 0.4) is 0 Å². The molecule has 21 heavy (non-hydrogen) atoms. The number of halogens is 1. The number of benzene rings is 2. The Kier molecular flexibility index (Phi) is 3.78. The second-order valence-corrected chi connectivity index (χ2v) is 5.13. The minimum Gasteiger partial charge on any atom is -0.495 e. The third kappa shape index (κ3) is 2.71. The van der Waals surface area contributed by atoms with Crippen molar-refractivity contribution < 1.29 is 9.84 Å². The Balaban J connectivity index is 2.01. The van der Waals surface area contributed by atoms with Crippen molar-refractivity contribution in [1.82, 2.24) is 4.98 Å². The summed E-state index contributed by atoms with van der Waals surface area (Å²) >= 11 is 6.00. The fourth-order valence-electron chi connectivity index (χ4n) is 2.25. The Labute approximate surface area is 127 Å². The topological polar surface area (TPSA) is 42.4 Å². The molecule has 0 saturated carbocycles. The van der Waals surface area contributed by atoms with Gasteiger partial charge in [0.25, 0.3) is 0 Å². The molecule has 0 amide bonds. The van der Waals surface area contributed by atoms with Crippen molar-refractivity contribution in [3.8, 4) is 5.75 Å². The number of fused-ring (bicyclic) bond motifs is 1. The van der Waals surface area contributed by atoms with E-state index in [1.54, 1.807) is 25.3 Å². The molecule has 1 unspecified atom stereocenters. The van der Waals surface area contributed by atoms with Gasteiger partial charge in [-0.1, -0.05) is 41.9 Å². The first kappa shape index (κ1) is 13.9. The predicted octanol–water partition coefficient (Wildman–Crippen LogP) is 3.98. The van der Waals surface area contributed by atoms with Crippen LogP contribution in [-0.2, 0) is 0 Å². The molecule has 1 heterocycles. The monoisotopic (exact) mass is 299 g/mol. The van der Waals surface area contributed by atoms with Crippen molar-refractivity contribution >= 4 is 22.5 Å². The van der Waals surface area contributed by atoms with E-state index in [2.05, 4.69) is 4.98 Å². The van der Waals surface area contributed by atoms with Gasteiger partial charge < -0.3 is 9.84 Å². The molecule has 0 fully saturated rings. The summed E-state index contributed by atoms with van der Waals surface area (Å²) in [6, 6.07) is 16.8. The van der Waals surface area contributed by atoms with Crippen molar-refractivity contribution in [2.24, 2.45) is 0 Å². The van der Waals surface area contributed by atoms with E-state index in [9.17, 15) is 5.11 Å². The first-order valence-corrected chi connectivity index (χ1v) is 6.94. The molecule has 3 rings (SSSR count). The molecule has 0 aliphatic heterocycles. The molecule has 0 aliphatic carbocycles. The van der Waals surface area contributed by atoms with Gasteiger partial charge in [-0.15, -0.1) is 0 Å². The molecule has 0 spiro atoms. The molecule has 106 valence electrons. The fourth-order valence-corrected chi connectivity index (χ4v) is 2.45. The number of pyridine rings is 1. The number of nitrogens with zero attached hydrogens (tertiary/aromatic N) is 1. The van der Waals surface area contributed by atoms with Crippen molar-refractivity contribution in [1.29, 1.82) is 0 Å². The van der Waals surface area contributed by atoms with E-state index in [4.69, 9.17) is 16.3 Å². The lowest BCUT2D eigenvalue weighted by Gasteiger charge is -2.13. The third-order valence-corrected chi connectivity index (χ3v) is 3.70. The second kappa shape index (κ2) is 5.72. The molecule has 0 saturated heterocycles. The average molecular weight is 300 g/mol. The minimum atomic E-state index is -0.819. The van der Waals surface area contributed by atoms with E-state index in [0.29, 0.717) is 22.0 Å². The first-order valence-electron chi connectivity index (χ1n) is 6.56. The van der Waals surface area contributed by atoms with Gasteiger partial charge >= 0.3 is 0 Å². The van der Waals surface area contributed by atoms with Gasteiger partial charge in [-0.2, -0.15) is 0 Å². The van der Waals surface area contributed by atoms with E-state index in [0.717, 1.165) is 10.9 Å². The number of rotatable bonds is 3. The largest absolute Gasteiger partial charge is 0.495 e. The van der Waals surface area contributed by atoms with Crippen molar-refractivity contribution in [2.75, 3.05) is 7.11 Å². The molecule has 0 bridgehead atoms. The molecule has 1 aromatic heterocycles. The van der Waals surface area contributed by atoms with Gasteiger partial charge in [-0.05, 0) is 29.8 Å². The normalized spacial score (nSPS) is 12.3. The van der Waals surface area contributed by atoms with Crippen LogP contribution >= 0.6 is 11.6 Å². The van der Waals surface area contributed by atoms with Crippen LogP contribution in [0.4, 0.5) is 0 Å². The molecule has 1 N–H and O–H groups in total. The standard InChI is InChI=1S/C17H14ClNO2/c1-21-16-10-12(6-8-13(16)18)17(20)15-9-7-11-4-2-3-5-14(11)19-15/h2-10,17,20H,1H3. The van der Waals surface area contributed by atoms with Crippen LogP contribution in [0, 0.1) is 0 Å². The summed E-state index contributed by atoms with van der Waals surface area (Å²) in [7, 11) is 1.55. The Hall–Kier alpha value is -2.10. The Morgan fingerprint density at radius 2 is 1.90 bits per heavy atom. The predicted molar refractivity (Wildman–Crippen MR) is 83.8 cm³/mol. The van der Waals surface area contributed by atoms with Gasteiger partial charge in [-0.25, -0.2) is 4.98 Å². The quantitative estimate of drug-likeness (QED) is 0.795. The lowest BCUT2D eigenvalue weighted by atomic mass is 10.0. The van der Waals surface area contributed by atoms with Gasteiger partial charge in [-0.3, -0.25) is 0 Å². The van der Waals surface area contributed by atoms with Crippen molar-refractivity contribution in [2.45, 2.75) is 6.10 Å². The maximum Gasteiger partial charge on any atom is 0.137 e. The van der Waals surface area contributed by atoms with Crippen molar-refractivity contribution in [3.05, 3.63) is 70.9 Å². The lowest BCUT2D eigenvalue weighted by Crippen LogP contribution is -2.03. The number of aliphatic hydroxyl groups is 1. The average Bonchev–Trinajstić information content (AvgIpc) is 2.54. The third-order valence-electron chi connectivity index (χ3n) is 3.39. The SMILES string of the molecule is COc1cc(C(O)c2ccc3ccccc3n2)ccc1Cl. The summed E-state index contributed by atoms with van der Waals surface area (Å²) < 4.78 is 5.18. The van der Waals surface area contributed by atoms with Gasteiger partial charge in [0.2, 0.25) is 0 Å². The molecule has 4 heteroatoms. The van der Waals surface area contributed by atoms with Gasteiger partial charge in [0.1, 0.15) is 11.9 Å². The van der Waals surface area contributed by atoms with Crippen molar-refractivity contribution in [3.63, 3.8) is 0 Å². The zero-order valence-corrected chi connectivity index (χ0v) is 12.2. The Morgan fingerprint density at radius 3 is 2.71 bits per heavy atom. The minimum absolute atomic E-state index is 0.514. The summed E-state index contributed by atoms with van der Waals surface area (Å²) in [5.41, 5.74) is 2.15. The second-order valence-electron chi connectivity index (χ2n) is 4.73. The summed E-state index contributed by atoms with van der Waals surface area (Å²) in [6.45, 7) is 0. The molecule has 3 aromatic rings. The van der Waals surface area contributed by atoms with E-state index in [-0.39, 0.29) is 0 Å². The number of aromatic nitrogens is 1. The number of hydrogen-bond donors (Lipinski definition) is 1. The fraction of sp³-hybridized carbons (Fsp3) is 0.118. The Bertz CT molecular complexity index is 789. The summed E-state index contributed by atoms with van der Waals surface area (Å²) in [5.74, 6) is 0.536. The van der Waals surface area contributed by atoms with Crippen LogP contribution in [0.25, 0.3) is 10.9 Å². The summed E-state index contributed by atoms with van der Waals surface area (Å²) in [5, 5.41) is 12.1. The van der Waals surface area contributed by atoms with Crippen LogP contribution in [0.1, 0.15) is 17.4 Å². The molecule has 0 aliphatic rings. The number of hydrogen-bond acceptors (Lipinski definition) is 3. The van der Waals surface area contributed by atoms with Crippen LogP contribution in [0.2, 0.25) is 5.02 Å². The molecular weight excluding hydrogens is 286 g/mol. The van der Waals surface area contributed by atoms with E-state index in [1.165, 1.54) is 0 Å². The van der Waals surface area contributed by atoms with Crippen LogP contribution in [0.15, 0.2) is 54.6 Å². The highest BCUT2D eigenvalue weighted by Gasteiger charge is 2.14. The molecule has 0 radical (unpaired) electrons. The van der Waals surface area contributed by atoms with Gasteiger partial charge in [0.15, 0.2) is 0 Å². The first-order chi connectivity index (χ1) is 10.2. The molecule has 3 nitrogen and oxygen atoms in total. The van der Waals surface area contributed by atoms with Crippen LogP contribution < -0.4 is 4.74 Å². The number of para-hydroxylation sites is 1. The highest BCUT2D eigenvalue weighted by molar-refractivity contribution is 6.32. The highest BCUT2D eigenvalue weighted by Crippen LogP contribution is 2.30. The molecule has 1 atom stereocenters. The number of aliphatic hydroxyl groups excluding tert-OH is 1. The van der Waals surface area contributed by atoms with Crippen LogP contribution in [0.5, 0.6) is 5.75 Å². The van der Waals surface area contributed by atoms with E-state index >= 15 is 0 Å². The zero-order valence-electron chi connectivity index (χ0n) is 11.5. The number of methoxy groups -OCH3 is 1. The lowest BCUT2D eigenvalue weighted by molar-refractivity contribution is 0.215. The smallest absolute Gasteiger partial charge is 0.137 e. The van der Waals surface area contributed by atoms with Gasteiger partial charge in [0, 0.05) is 5.39 Å². The van der Waals surface area contributed by atoms with Crippen LogP contribution in [-0.4, -0.2) is 17.2 Å². The number of ether oxygens (including phenoxy) is 1. The maximum atomic E-state index is 10.5. The summed E-state index contributed by atoms with van der Waals surface area (Å²) in [4.78, 5) is 4.51. The molecule has 2 aromatic carbocycles. The summed E-state index contributed by atoms with van der Waals surface area (Å²) in [6.07, 6.45) is -0.819. The molecular formula is C17H14ClNO2. The van der Waals surface area contributed by atoms with E-state index in [1.807, 2.05) is 36.4 Å². The Morgan fingerprint density at radius 1 is 1.10 bits per heavy atom. The highest BCUT2D eigenvalue weighted by atomic mass is 35.5. The maximum absolute atomic E-state index is 10.5. The van der Waals surface area contributed by atoms with Gasteiger partial charge in [0.05, 0.1) is 23.3 Å². The zero-order chi connectivity index (χ0) is 14.8.